The highest BCUT2D eigenvalue weighted by molar-refractivity contribution is 4.94. The molecule has 0 amide bonds. The molecule has 0 aromatic heterocycles. The molecule has 2 unspecified atom stereocenters. The molecule has 2 aliphatic rings. The zero-order valence-corrected chi connectivity index (χ0v) is 12.1. The number of hydrogen-bond donors (Lipinski definition) is 1. The van der Waals surface area contributed by atoms with Crippen LogP contribution in [0.3, 0.4) is 0 Å². The standard InChI is InChI=1S/C15H30N2/c1-12(2)14-5-8-17(9-14)11-15(13(3)4)6-7-16-10-15/h12-14,16H,5-11H2,1-4H3. The number of hydrogen-bond acceptors (Lipinski definition) is 2. The molecule has 2 fully saturated rings. The molecule has 2 atom stereocenters. The number of nitrogens with zero attached hydrogens (tertiary/aromatic N) is 1. The lowest BCUT2D eigenvalue weighted by Gasteiger charge is -2.36. The minimum absolute atomic E-state index is 0.547. The molecule has 0 aromatic carbocycles. The van der Waals surface area contributed by atoms with Crippen molar-refractivity contribution in [1.82, 2.24) is 10.2 Å². The first-order valence-electron chi connectivity index (χ1n) is 7.46. The summed E-state index contributed by atoms with van der Waals surface area (Å²) in [6.45, 7) is 16.0. The normalized spacial score (nSPS) is 35.3. The Labute approximate surface area is 107 Å². The van der Waals surface area contributed by atoms with Gasteiger partial charge in [0.2, 0.25) is 0 Å². The summed E-state index contributed by atoms with van der Waals surface area (Å²) in [5.41, 5.74) is 0.547. The Bertz CT molecular complexity index is 241. The van der Waals surface area contributed by atoms with Crippen LogP contribution in [0.15, 0.2) is 0 Å². The maximum Gasteiger partial charge on any atom is 0.00532 e. The molecular formula is C15H30N2. The summed E-state index contributed by atoms with van der Waals surface area (Å²) in [6.07, 6.45) is 2.78. The highest BCUT2D eigenvalue weighted by Gasteiger charge is 2.39. The summed E-state index contributed by atoms with van der Waals surface area (Å²) in [6, 6.07) is 0. The molecule has 0 bridgehead atoms. The fourth-order valence-corrected chi connectivity index (χ4v) is 3.57. The van der Waals surface area contributed by atoms with Gasteiger partial charge in [0.05, 0.1) is 0 Å². The van der Waals surface area contributed by atoms with Gasteiger partial charge in [0.15, 0.2) is 0 Å². The van der Waals surface area contributed by atoms with Gasteiger partial charge in [0.1, 0.15) is 0 Å². The van der Waals surface area contributed by atoms with E-state index in [-0.39, 0.29) is 0 Å². The quantitative estimate of drug-likeness (QED) is 0.810. The molecule has 0 spiro atoms. The minimum atomic E-state index is 0.547. The van der Waals surface area contributed by atoms with Gasteiger partial charge in [-0.2, -0.15) is 0 Å². The number of rotatable bonds is 4. The Morgan fingerprint density at radius 2 is 2.06 bits per heavy atom. The third-order valence-corrected chi connectivity index (χ3v) is 5.29. The molecule has 17 heavy (non-hydrogen) atoms. The second kappa shape index (κ2) is 5.27. The molecule has 1 N–H and O–H groups in total. The third kappa shape index (κ3) is 2.85. The van der Waals surface area contributed by atoms with Gasteiger partial charge in [-0.25, -0.2) is 0 Å². The summed E-state index contributed by atoms with van der Waals surface area (Å²) in [7, 11) is 0. The molecule has 0 saturated carbocycles. The van der Waals surface area contributed by atoms with Crippen molar-refractivity contribution in [2.24, 2.45) is 23.2 Å². The molecule has 2 rings (SSSR count). The second-order valence-electron chi connectivity index (χ2n) is 6.97. The van der Waals surface area contributed by atoms with Crippen molar-refractivity contribution in [3.63, 3.8) is 0 Å². The third-order valence-electron chi connectivity index (χ3n) is 5.29. The van der Waals surface area contributed by atoms with Crippen LogP contribution in [0.5, 0.6) is 0 Å². The average Bonchev–Trinajstić information content (AvgIpc) is 2.88. The van der Waals surface area contributed by atoms with Gasteiger partial charge >= 0.3 is 0 Å². The molecule has 100 valence electrons. The Kier molecular flexibility index (Phi) is 4.14. The van der Waals surface area contributed by atoms with E-state index in [9.17, 15) is 0 Å². The van der Waals surface area contributed by atoms with Crippen molar-refractivity contribution in [3.05, 3.63) is 0 Å². The van der Waals surface area contributed by atoms with Gasteiger partial charge in [-0.1, -0.05) is 27.7 Å². The maximum atomic E-state index is 3.58. The highest BCUT2D eigenvalue weighted by atomic mass is 15.2. The summed E-state index contributed by atoms with van der Waals surface area (Å²) in [5, 5.41) is 3.58. The zero-order valence-electron chi connectivity index (χ0n) is 12.1. The Balaban J connectivity index is 1.92. The Hall–Kier alpha value is -0.0800. The van der Waals surface area contributed by atoms with Crippen molar-refractivity contribution in [1.29, 1.82) is 0 Å². The molecule has 0 aliphatic carbocycles. The molecule has 0 aromatic rings. The Morgan fingerprint density at radius 1 is 1.29 bits per heavy atom. The van der Waals surface area contributed by atoms with Gasteiger partial charge in [-0.3, -0.25) is 0 Å². The van der Waals surface area contributed by atoms with Crippen LogP contribution >= 0.6 is 0 Å². The average molecular weight is 238 g/mol. The van der Waals surface area contributed by atoms with E-state index in [1.165, 1.54) is 45.6 Å². The maximum absolute atomic E-state index is 3.58. The smallest absolute Gasteiger partial charge is 0.00532 e. The van der Waals surface area contributed by atoms with E-state index in [0.717, 1.165) is 17.8 Å². The van der Waals surface area contributed by atoms with Crippen molar-refractivity contribution in [2.45, 2.75) is 40.5 Å². The fraction of sp³-hybridized carbons (Fsp3) is 1.00. The van der Waals surface area contributed by atoms with Gasteiger partial charge in [-0.15, -0.1) is 0 Å². The predicted octanol–water partition coefficient (Wildman–Crippen LogP) is 2.60. The van der Waals surface area contributed by atoms with Crippen LogP contribution in [-0.4, -0.2) is 37.6 Å². The Morgan fingerprint density at radius 3 is 2.53 bits per heavy atom. The van der Waals surface area contributed by atoms with Crippen LogP contribution in [0.4, 0.5) is 0 Å². The highest BCUT2D eigenvalue weighted by Crippen LogP contribution is 2.36. The molecule has 2 heterocycles. The van der Waals surface area contributed by atoms with E-state index < -0.39 is 0 Å². The molecule has 2 heteroatoms. The molecule has 2 aliphatic heterocycles. The summed E-state index contributed by atoms with van der Waals surface area (Å²) < 4.78 is 0. The zero-order chi connectivity index (χ0) is 12.5. The first-order valence-corrected chi connectivity index (χ1v) is 7.46. The van der Waals surface area contributed by atoms with Gasteiger partial charge in [0, 0.05) is 19.6 Å². The lowest BCUT2D eigenvalue weighted by atomic mass is 9.76. The minimum Gasteiger partial charge on any atom is -0.316 e. The van der Waals surface area contributed by atoms with Crippen LogP contribution in [0.2, 0.25) is 0 Å². The van der Waals surface area contributed by atoms with Crippen LogP contribution in [0.25, 0.3) is 0 Å². The SMILES string of the molecule is CC(C)C1CCN(CC2(C(C)C)CCNC2)C1. The van der Waals surface area contributed by atoms with Crippen LogP contribution < -0.4 is 5.32 Å². The number of nitrogens with one attached hydrogen (secondary N) is 1. The van der Waals surface area contributed by atoms with E-state index in [1.807, 2.05) is 0 Å². The summed E-state index contributed by atoms with van der Waals surface area (Å²) in [4.78, 5) is 2.73. The lowest BCUT2D eigenvalue weighted by Crippen LogP contribution is -2.42. The first kappa shape index (κ1) is 13.4. The molecular weight excluding hydrogens is 208 g/mol. The first-order chi connectivity index (χ1) is 8.03. The van der Waals surface area contributed by atoms with Crippen LogP contribution in [0, 0.1) is 23.2 Å². The second-order valence-corrected chi connectivity index (χ2v) is 6.97. The largest absolute Gasteiger partial charge is 0.316 e. The van der Waals surface area contributed by atoms with Crippen molar-refractivity contribution < 1.29 is 0 Å². The van der Waals surface area contributed by atoms with Crippen molar-refractivity contribution >= 4 is 0 Å². The predicted molar refractivity (Wildman–Crippen MR) is 74.1 cm³/mol. The molecule has 2 saturated heterocycles. The van der Waals surface area contributed by atoms with Gasteiger partial charge < -0.3 is 10.2 Å². The fourth-order valence-electron chi connectivity index (χ4n) is 3.57. The van der Waals surface area contributed by atoms with Crippen molar-refractivity contribution in [3.8, 4) is 0 Å². The van der Waals surface area contributed by atoms with Crippen LogP contribution in [-0.2, 0) is 0 Å². The monoisotopic (exact) mass is 238 g/mol. The van der Waals surface area contributed by atoms with E-state index >= 15 is 0 Å². The molecule has 2 nitrogen and oxygen atoms in total. The van der Waals surface area contributed by atoms with Crippen molar-refractivity contribution in [2.75, 3.05) is 32.7 Å². The van der Waals surface area contributed by atoms with E-state index in [0.29, 0.717) is 5.41 Å². The summed E-state index contributed by atoms with van der Waals surface area (Å²) >= 11 is 0. The van der Waals surface area contributed by atoms with Crippen LogP contribution in [0.1, 0.15) is 40.5 Å². The van der Waals surface area contributed by atoms with Gasteiger partial charge in [0.25, 0.3) is 0 Å². The lowest BCUT2D eigenvalue weighted by molar-refractivity contribution is 0.130. The molecule has 0 radical (unpaired) electrons. The number of likely N-dealkylation sites (tertiary alicyclic amines) is 1. The van der Waals surface area contributed by atoms with Gasteiger partial charge in [-0.05, 0) is 49.1 Å². The van der Waals surface area contributed by atoms with E-state index in [1.54, 1.807) is 0 Å². The van der Waals surface area contributed by atoms with E-state index in [2.05, 4.69) is 37.9 Å². The van der Waals surface area contributed by atoms with E-state index in [4.69, 9.17) is 0 Å². The summed E-state index contributed by atoms with van der Waals surface area (Å²) in [5.74, 6) is 2.60. The topological polar surface area (TPSA) is 15.3 Å².